The SMILES string of the molecule is CC1=CC(C)C(Cl)(S(=O)(=O)Oc2ccccc2)C(C)=C1. The Labute approximate surface area is 125 Å². The summed E-state index contributed by atoms with van der Waals surface area (Å²) in [7, 11) is -4.01. The number of hydrogen-bond acceptors (Lipinski definition) is 3. The molecule has 0 bridgehead atoms. The molecule has 1 aliphatic carbocycles. The van der Waals surface area contributed by atoms with Gasteiger partial charge in [0.05, 0.1) is 0 Å². The van der Waals surface area contributed by atoms with Crippen LogP contribution in [-0.4, -0.2) is 12.6 Å². The van der Waals surface area contributed by atoms with Crippen LogP contribution in [0, 0.1) is 5.92 Å². The molecular weight excluding hydrogens is 296 g/mol. The topological polar surface area (TPSA) is 43.4 Å². The van der Waals surface area contributed by atoms with Gasteiger partial charge in [0.25, 0.3) is 0 Å². The van der Waals surface area contributed by atoms with Gasteiger partial charge in [-0.3, -0.25) is 0 Å². The van der Waals surface area contributed by atoms with Crippen molar-refractivity contribution in [3.63, 3.8) is 0 Å². The fourth-order valence-electron chi connectivity index (χ4n) is 2.44. The van der Waals surface area contributed by atoms with Gasteiger partial charge in [-0.15, -0.1) is 0 Å². The summed E-state index contributed by atoms with van der Waals surface area (Å²) in [4.78, 5) is 0. The summed E-state index contributed by atoms with van der Waals surface area (Å²) in [5.41, 5.74) is 1.57. The van der Waals surface area contributed by atoms with Gasteiger partial charge < -0.3 is 4.18 Å². The minimum absolute atomic E-state index is 0.263. The van der Waals surface area contributed by atoms with Crippen LogP contribution in [0.4, 0.5) is 0 Å². The third-order valence-electron chi connectivity index (χ3n) is 3.39. The van der Waals surface area contributed by atoms with Crippen LogP contribution in [-0.2, 0) is 10.1 Å². The Kier molecular flexibility index (Phi) is 3.98. The first kappa shape index (κ1) is 15.1. The van der Waals surface area contributed by atoms with Crippen molar-refractivity contribution in [3.05, 3.63) is 53.6 Å². The Morgan fingerprint density at radius 1 is 1.20 bits per heavy atom. The molecule has 0 saturated carbocycles. The smallest absolute Gasteiger partial charge is 0.333 e. The fourth-order valence-corrected chi connectivity index (χ4v) is 4.11. The highest BCUT2D eigenvalue weighted by atomic mass is 35.5. The number of hydrogen-bond donors (Lipinski definition) is 0. The van der Waals surface area contributed by atoms with E-state index in [9.17, 15) is 8.42 Å². The van der Waals surface area contributed by atoms with Crippen molar-refractivity contribution >= 4 is 21.7 Å². The van der Waals surface area contributed by atoms with Gasteiger partial charge in [-0.1, -0.05) is 54.4 Å². The number of alkyl halides is 1. The first-order chi connectivity index (χ1) is 9.27. The zero-order valence-electron chi connectivity index (χ0n) is 11.6. The lowest BCUT2D eigenvalue weighted by Gasteiger charge is -2.34. The zero-order chi connectivity index (χ0) is 15.0. The highest BCUT2D eigenvalue weighted by Crippen LogP contribution is 2.44. The molecule has 0 heterocycles. The minimum Gasteiger partial charge on any atom is -0.381 e. The van der Waals surface area contributed by atoms with Crippen molar-refractivity contribution < 1.29 is 12.6 Å². The molecule has 3 nitrogen and oxygen atoms in total. The van der Waals surface area contributed by atoms with E-state index in [1.54, 1.807) is 50.3 Å². The van der Waals surface area contributed by atoms with Crippen molar-refractivity contribution in [2.24, 2.45) is 5.92 Å². The van der Waals surface area contributed by atoms with Crippen LogP contribution in [0.25, 0.3) is 0 Å². The van der Waals surface area contributed by atoms with E-state index in [1.165, 1.54) is 0 Å². The Morgan fingerprint density at radius 2 is 1.80 bits per heavy atom. The van der Waals surface area contributed by atoms with Crippen LogP contribution >= 0.6 is 11.6 Å². The van der Waals surface area contributed by atoms with Crippen LogP contribution < -0.4 is 4.18 Å². The van der Waals surface area contributed by atoms with Crippen molar-refractivity contribution in [2.75, 3.05) is 0 Å². The first-order valence-corrected chi connectivity index (χ1v) is 8.11. The zero-order valence-corrected chi connectivity index (χ0v) is 13.2. The Balaban J connectivity index is 2.41. The summed E-state index contributed by atoms with van der Waals surface area (Å²) < 4.78 is 28.8. The minimum atomic E-state index is -4.01. The summed E-state index contributed by atoms with van der Waals surface area (Å²) in [6.45, 7) is 5.41. The molecule has 20 heavy (non-hydrogen) atoms. The van der Waals surface area contributed by atoms with Crippen LogP contribution in [0.2, 0.25) is 0 Å². The molecule has 0 fully saturated rings. The van der Waals surface area contributed by atoms with E-state index in [4.69, 9.17) is 15.8 Å². The molecule has 0 aliphatic heterocycles. The second-order valence-corrected chi connectivity index (χ2v) is 7.56. The monoisotopic (exact) mass is 312 g/mol. The van der Waals surface area contributed by atoms with E-state index in [1.807, 2.05) is 13.0 Å². The average molecular weight is 313 g/mol. The second-order valence-electron chi connectivity index (χ2n) is 5.02. The summed E-state index contributed by atoms with van der Waals surface area (Å²) >= 11 is 6.46. The number of allylic oxidation sites excluding steroid dienone is 3. The maximum absolute atomic E-state index is 12.6. The van der Waals surface area contributed by atoms with E-state index >= 15 is 0 Å². The molecule has 0 radical (unpaired) electrons. The molecule has 0 saturated heterocycles. The summed E-state index contributed by atoms with van der Waals surface area (Å²) in [5.74, 6) is -0.110. The lowest BCUT2D eigenvalue weighted by Crippen LogP contribution is -2.43. The Bertz CT molecular complexity index is 662. The van der Waals surface area contributed by atoms with Gasteiger partial charge in [-0.05, 0) is 31.6 Å². The molecule has 1 aromatic carbocycles. The highest BCUT2D eigenvalue weighted by Gasteiger charge is 2.50. The molecule has 1 aliphatic rings. The highest BCUT2D eigenvalue weighted by molar-refractivity contribution is 7.90. The fraction of sp³-hybridized carbons (Fsp3) is 0.333. The maximum atomic E-state index is 12.6. The van der Waals surface area contributed by atoms with E-state index < -0.39 is 14.3 Å². The molecule has 5 heteroatoms. The van der Waals surface area contributed by atoms with Crippen LogP contribution in [0.15, 0.2) is 53.6 Å². The Morgan fingerprint density at radius 3 is 2.35 bits per heavy atom. The predicted octanol–water partition coefficient (Wildman–Crippen LogP) is 3.87. The van der Waals surface area contributed by atoms with Crippen molar-refractivity contribution in [1.29, 1.82) is 0 Å². The third kappa shape index (κ3) is 2.50. The maximum Gasteiger partial charge on any atom is 0.333 e. The molecule has 0 spiro atoms. The van der Waals surface area contributed by atoms with E-state index in [0.29, 0.717) is 5.57 Å². The number of rotatable bonds is 3. The van der Waals surface area contributed by atoms with Gasteiger partial charge >= 0.3 is 10.1 Å². The molecule has 2 unspecified atom stereocenters. The van der Waals surface area contributed by atoms with Gasteiger partial charge in [0.2, 0.25) is 4.21 Å². The molecule has 0 aromatic heterocycles. The molecule has 1 aromatic rings. The molecule has 0 amide bonds. The average Bonchev–Trinajstić information content (AvgIpc) is 2.36. The van der Waals surface area contributed by atoms with Crippen LogP contribution in [0.3, 0.4) is 0 Å². The van der Waals surface area contributed by atoms with Crippen LogP contribution in [0.1, 0.15) is 20.8 Å². The van der Waals surface area contributed by atoms with Gasteiger partial charge in [0.1, 0.15) is 5.75 Å². The second kappa shape index (κ2) is 5.26. The van der Waals surface area contributed by atoms with Crippen LogP contribution in [0.5, 0.6) is 5.75 Å². The molecule has 0 N–H and O–H groups in total. The predicted molar refractivity (Wildman–Crippen MR) is 81.3 cm³/mol. The van der Waals surface area contributed by atoms with Gasteiger partial charge in [-0.2, -0.15) is 8.42 Å². The number of para-hydroxylation sites is 1. The quantitative estimate of drug-likeness (QED) is 0.628. The Hall–Kier alpha value is -1.26. The third-order valence-corrected chi connectivity index (χ3v) is 6.44. The lowest BCUT2D eigenvalue weighted by molar-refractivity contribution is 0.452. The van der Waals surface area contributed by atoms with Gasteiger partial charge in [0.15, 0.2) is 0 Å². The summed E-state index contributed by atoms with van der Waals surface area (Å²) in [5, 5.41) is 0. The standard InChI is InChI=1S/C15H17ClO3S/c1-11-9-12(2)15(16,13(3)10-11)20(17,18)19-14-7-5-4-6-8-14/h4-10,12H,1-3H3. The molecule has 2 rings (SSSR count). The summed E-state index contributed by atoms with van der Waals surface area (Å²) in [6, 6.07) is 8.39. The first-order valence-electron chi connectivity index (χ1n) is 6.32. The molecular formula is C15H17ClO3S. The van der Waals surface area contributed by atoms with Crippen molar-refractivity contribution in [3.8, 4) is 5.75 Å². The largest absolute Gasteiger partial charge is 0.381 e. The van der Waals surface area contributed by atoms with Crippen molar-refractivity contribution in [2.45, 2.75) is 25.0 Å². The van der Waals surface area contributed by atoms with Gasteiger partial charge in [-0.25, -0.2) is 0 Å². The molecule has 2 atom stereocenters. The van der Waals surface area contributed by atoms with Crippen molar-refractivity contribution in [1.82, 2.24) is 0 Å². The molecule has 108 valence electrons. The number of benzene rings is 1. The normalized spacial score (nSPS) is 26.7. The lowest BCUT2D eigenvalue weighted by atomic mass is 9.92. The number of halogens is 1. The van der Waals surface area contributed by atoms with Gasteiger partial charge in [0, 0.05) is 5.92 Å². The van der Waals surface area contributed by atoms with E-state index in [-0.39, 0.29) is 11.7 Å². The van der Waals surface area contributed by atoms with E-state index in [0.717, 1.165) is 5.57 Å². The summed E-state index contributed by atoms with van der Waals surface area (Å²) in [6.07, 6.45) is 3.62. The van der Waals surface area contributed by atoms with E-state index in [2.05, 4.69) is 0 Å².